The molecule has 1 aliphatic heterocycles. The fourth-order valence-corrected chi connectivity index (χ4v) is 1.81. The fraction of sp³-hybridized carbons (Fsp3) is 0.727. The molecule has 0 saturated carbocycles. The zero-order valence-electron chi connectivity index (χ0n) is 9.69. The summed E-state index contributed by atoms with van der Waals surface area (Å²) in [5, 5.41) is 12.0. The molecule has 0 aliphatic carbocycles. The quantitative estimate of drug-likeness (QED) is 0.615. The van der Waals surface area contributed by atoms with Gasteiger partial charge in [0.25, 0.3) is 0 Å². The van der Waals surface area contributed by atoms with Crippen molar-refractivity contribution in [3.8, 4) is 0 Å². The van der Waals surface area contributed by atoms with Crippen molar-refractivity contribution in [2.45, 2.75) is 19.0 Å². The predicted molar refractivity (Wildman–Crippen MR) is 61.1 cm³/mol. The maximum absolute atomic E-state index is 11.7. The Morgan fingerprint density at radius 1 is 1.81 bits per heavy atom. The van der Waals surface area contributed by atoms with Crippen molar-refractivity contribution in [3.63, 3.8) is 0 Å². The van der Waals surface area contributed by atoms with Crippen LogP contribution in [0.5, 0.6) is 0 Å². The van der Waals surface area contributed by atoms with Crippen LogP contribution in [0.25, 0.3) is 0 Å². The predicted octanol–water partition coefficient (Wildman–Crippen LogP) is -0.630. The lowest BCUT2D eigenvalue weighted by atomic mass is 10.1. The Balaban J connectivity index is 2.52. The van der Waals surface area contributed by atoms with E-state index in [-0.39, 0.29) is 24.6 Å². The number of nitrogens with one attached hydrogen (secondary N) is 1. The van der Waals surface area contributed by atoms with Gasteiger partial charge in [-0.15, -0.1) is 6.58 Å². The molecular weight excluding hydrogens is 208 g/mol. The molecule has 92 valence electrons. The highest BCUT2D eigenvalue weighted by molar-refractivity contribution is 5.81. The van der Waals surface area contributed by atoms with E-state index in [1.807, 2.05) is 11.8 Å². The molecule has 0 aromatic carbocycles. The van der Waals surface area contributed by atoms with E-state index in [9.17, 15) is 9.90 Å². The van der Waals surface area contributed by atoms with Gasteiger partial charge in [0.05, 0.1) is 31.9 Å². The Morgan fingerprint density at radius 2 is 2.56 bits per heavy atom. The van der Waals surface area contributed by atoms with E-state index in [1.165, 1.54) is 0 Å². The number of aliphatic hydroxyl groups is 1. The van der Waals surface area contributed by atoms with Crippen LogP contribution < -0.4 is 5.32 Å². The van der Waals surface area contributed by atoms with Crippen molar-refractivity contribution < 1.29 is 14.6 Å². The average Bonchev–Trinajstić information content (AvgIpc) is 2.34. The fourth-order valence-electron chi connectivity index (χ4n) is 1.81. The number of carbonyl (C=O) groups excluding carboxylic acids is 1. The van der Waals surface area contributed by atoms with Gasteiger partial charge in [-0.3, -0.25) is 9.69 Å². The van der Waals surface area contributed by atoms with E-state index in [0.29, 0.717) is 26.3 Å². The first-order chi connectivity index (χ1) is 7.70. The van der Waals surface area contributed by atoms with Gasteiger partial charge in [0.15, 0.2) is 0 Å². The maximum atomic E-state index is 11.7. The number of carbonyl (C=O) groups is 1. The summed E-state index contributed by atoms with van der Waals surface area (Å²) in [5.41, 5.74) is 0. The van der Waals surface area contributed by atoms with Gasteiger partial charge in [-0.25, -0.2) is 0 Å². The highest BCUT2D eigenvalue weighted by Crippen LogP contribution is 2.10. The third-order valence-corrected chi connectivity index (χ3v) is 2.78. The van der Waals surface area contributed by atoms with Crippen molar-refractivity contribution >= 4 is 5.91 Å². The second kappa shape index (κ2) is 6.62. The van der Waals surface area contributed by atoms with Crippen LogP contribution in [0, 0.1) is 0 Å². The Kier molecular flexibility index (Phi) is 5.45. The van der Waals surface area contributed by atoms with Crippen molar-refractivity contribution in [3.05, 3.63) is 12.7 Å². The lowest BCUT2D eigenvalue weighted by Crippen LogP contribution is -2.56. The zero-order chi connectivity index (χ0) is 12.0. The van der Waals surface area contributed by atoms with Crippen LogP contribution in [0.2, 0.25) is 0 Å². The molecule has 5 nitrogen and oxygen atoms in total. The van der Waals surface area contributed by atoms with Gasteiger partial charge in [-0.1, -0.05) is 6.08 Å². The van der Waals surface area contributed by atoms with Gasteiger partial charge < -0.3 is 15.2 Å². The SMILES string of the molecule is C=CCNC(=O)C(C)N1CCOCC1CO. The monoisotopic (exact) mass is 228 g/mol. The smallest absolute Gasteiger partial charge is 0.237 e. The summed E-state index contributed by atoms with van der Waals surface area (Å²) in [6.45, 7) is 7.63. The first kappa shape index (κ1) is 13.2. The van der Waals surface area contributed by atoms with Gasteiger partial charge in [0, 0.05) is 13.1 Å². The standard InChI is InChI=1S/C11H20N2O3/c1-3-4-12-11(15)9(2)13-5-6-16-8-10(13)7-14/h3,9-10,14H,1,4-8H2,2H3,(H,12,15). The molecule has 2 unspecified atom stereocenters. The van der Waals surface area contributed by atoms with Crippen LogP contribution in [-0.2, 0) is 9.53 Å². The molecule has 0 radical (unpaired) electrons. The second-order valence-electron chi connectivity index (χ2n) is 3.86. The first-order valence-corrected chi connectivity index (χ1v) is 5.53. The van der Waals surface area contributed by atoms with Crippen LogP contribution in [0.3, 0.4) is 0 Å². The van der Waals surface area contributed by atoms with Gasteiger partial charge in [0.2, 0.25) is 5.91 Å². The molecule has 5 heteroatoms. The summed E-state index contributed by atoms with van der Waals surface area (Å²) in [4.78, 5) is 13.7. The summed E-state index contributed by atoms with van der Waals surface area (Å²) < 4.78 is 5.26. The molecule has 0 aromatic heterocycles. The number of morpholine rings is 1. The van der Waals surface area contributed by atoms with E-state index in [2.05, 4.69) is 11.9 Å². The van der Waals surface area contributed by atoms with Crippen LogP contribution in [0.1, 0.15) is 6.92 Å². The summed E-state index contributed by atoms with van der Waals surface area (Å²) in [5.74, 6) is -0.0414. The van der Waals surface area contributed by atoms with Crippen LogP contribution in [0.15, 0.2) is 12.7 Å². The maximum Gasteiger partial charge on any atom is 0.237 e. The molecule has 1 fully saturated rings. The first-order valence-electron chi connectivity index (χ1n) is 5.53. The number of amides is 1. The lowest BCUT2D eigenvalue weighted by molar-refractivity contribution is -0.130. The van der Waals surface area contributed by atoms with E-state index < -0.39 is 0 Å². The molecule has 16 heavy (non-hydrogen) atoms. The van der Waals surface area contributed by atoms with E-state index in [1.54, 1.807) is 6.08 Å². The topological polar surface area (TPSA) is 61.8 Å². The molecule has 0 aromatic rings. The summed E-state index contributed by atoms with van der Waals surface area (Å²) >= 11 is 0. The molecule has 2 N–H and O–H groups in total. The van der Waals surface area contributed by atoms with Crippen molar-refractivity contribution in [2.24, 2.45) is 0 Å². The average molecular weight is 228 g/mol. The van der Waals surface area contributed by atoms with E-state index in [0.717, 1.165) is 0 Å². The van der Waals surface area contributed by atoms with Gasteiger partial charge >= 0.3 is 0 Å². The third kappa shape index (κ3) is 3.30. The lowest BCUT2D eigenvalue weighted by Gasteiger charge is -2.37. The third-order valence-electron chi connectivity index (χ3n) is 2.78. The molecule has 0 bridgehead atoms. The van der Waals surface area contributed by atoms with Gasteiger partial charge in [0.1, 0.15) is 0 Å². The summed E-state index contributed by atoms with van der Waals surface area (Å²) in [6, 6.07) is -0.334. The minimum Gasteiger partial charge on any atom is -0.395 e. The molecule has 1 rings (SSSR count). The minimum atomic E-state index is -0.249. The largest absolute Gasteiger partial charge is 0.395 e. The molecule has 1 heterocycles. The molecule has 2 atom stereocenters. The Morgan fingerprint density at radius 3 is 3.19 bits per heavy atom. The van der Waals surface area contributed by atoms with E-state index >= 15 is 0 Å². The number of hydrogen-bond acceptors (Lipinski definition) is 4. The zero-order valence-corrected chi connectivity index (χ0v) is 9.69. The molecule has 1 saturated heterocycles. The Hall–Kier alpha value is -0.910. The van der Waals surface area contributed by atoms with E-state index in [4.69, 9.17) is 4.74 Å². The number of ether oxygens (including phenoxy) is 1. The highest BCUT2D eigenvalue weighted by atomic mass is 16.5. The van der Waals surface area contributed by atoms with Crippen molar-refractivity contribution in [1.82, 2.24) is 10.2 Å². The van der Waals surface area contributed by atoms with Crippen molar-refractivity contribution in [1.29, 1.82) is 0 Å². The van der Waals surface area contributed by atoms with Crippen LogP contribution in [0.4, 0.5) is 0 Å². The Labute approximate surface area is 96.1 Å². The Bertz CT molecular complexity index is 245. The normalized spacial score (nSPS) is 23.8. The molecular formula is C11H20N2O3. The number of rotatable bonds is 5. The van der Waals surface area contributed by atoms with Gasteiger partial charge in [-0.05, 0) is 6.92 Å². The van der Waals surface area contributed by atoms with Gasteiger partial charge in [-0.2, -0.15) is 0 Å². The van der Waals surface area contributed by atoms with Crippen LogP contribution >= 0.6 is 0 Å². The molecule has 0 spiro atoms. The number of aliphatic hydroxyl groups excluding tert-OH is 1. The second-order valence-corrected chi connectivity index (χ2v) is 3.86. The summed E-state index contributed by atoms with van der Waals surface area (Å²) in [7, 11) is 0. The van der Waals surface area contributed by atoms with Crippen molar-refractivity contribution in [2.75, 3.05) is 32.9 Å². The molecule has 1 aliphatic rings. The molecule has 1 amide bonds. The minimum absolute atomic E-state index is 0.0130. The van der Waals surface area contributed by atoms with Crippen LogP contribution in [-0.4, -0.2) is 60.9 Å². The summed E-state index contributed by atoms with van der Waals surface area (Å²) in [6.07, 6.45) is 1.65. The number of hydrogen-bond donors (Lipinski definition) is 2. The highest BCUT2D eigenvalue weighted by Gasteiger charge is 2.29. The number of nitrogens with zero attached hydrogens (tertiary/aromatic N) is 1.